The van der Waals surface area contributed by atoms with Gasteiger partial charge in [0.2, 0.25) is 5.82 Å². The molecule has 0 bridgehead atoms. The molecule has 156 valence electrons. The molecule has 0 aliphatic heterocycles. The van der Waals surface area contributed by atoms with E-state index in [1.54, 1.807) is 35.0 Å². The van der Waals surface area contributed by atoms with E-state index in [1.165, 1.54) is 12.1 Å². The SMILES string of the molecule is Cc1ccc(-n2nc(C(=O)Nc3cccc(Cl)c3C)nc2-c2ccc(F)cc2)cc1C. The van der Waals surface area contributed by atoms with E-state index in [0.29, 0.717) is 22.1 Å². The molecule has 0 radical (unpaired) electrons. The minimum absolute atomic E-state index is 0.00284. The summed E-state index contributed by atoms with van der Waals surface area (Å²) in [5.74, 6) is -0.375. The molecule has 31 heavy (non-hydrogen) atoms. The molecule has 0 saturated heterocycles. The van der Waals surface area contributed by atoms with Gasteiger partial charge >= 0.3 is 0 Å². The normalized spacial score (nSPS) is 10.9. The number of aryl methyl sites for hydroxylation is 2. The van der Waals surface area contributed by atoms with E-state index < -0.39 is 5.91 Å². The Balaban J connectivity index is 1.78. The Kier molecular flexibility index (Phi) is 5.57. The Labute approximate surface area is 184 Å². The Morgan fingerprint density at radius 2 is 1.74 bits per heavy atom. The van der Waals surface area contributed by atoms with Gasteiger partial charge in [-0.1, -0.05) is 23.7 Å². The maximum atomic E-state index is 13.5. The second-order valence-electron chi connectivity index (χ2n) is 7.31. The number of carbonyl (C=O) groups is 1. The number of hydrogen-bond donors (Lipinski definition) is 1. The first-order valence-electron chi connectivity index (χ1n) is 9.70. The van der Waals surface area contributed by atoms with Gasteiger partial charge in [-0.2, -0.15) is 0 Å². The maximum Gasteiger partial charge on any atom is 0.295 e. The standard InChI is InChI=1S/C24H20ClFN4O/c1-14-7-12-19(13-15(14)2)30-23(17-8-10-18(26)11-9-17)28-22(29-30)24(31)27-21-6-4-5-20(25)16(21)3/h4-13H,1-3H3,(H,27,31). The van der Waals surface area contributed by atoms with Crippen molar-refractivity contribution in [3.63, 3.8) is 0 Å². The van der Waals surface area contributed by atoms with Gasteiger partial charge in [0.25, 0.3) is 5.91 Å². The predicted molar refractivity (Wildman–Crippen MR) is 120 cm³/mol. The molecular weight excluding hydrogens is 415 g/mol. The van der Waals surface area contributed by atoms with Crippen LogP contribution in [0.5, 0.6) is 0 Å². The average molecular weight is 435 g/mol. The lowest BCUT2D eigenvalue weighted by Gasteiger charge is -2.08. The van der Waals surface area contributed by atoms with Crippen molar-refractivity contribution in [3.05, 3.63) is 94.0 Å². The van der Waals surface area contributed by atoms with Gasteiger partial charge in [-0.05, 0) is 86.0 Å². The maximum absolute atomic E-state index is 13.5. The summed E-state index contributed by atoms with van der Waals surface area (Å²) in [5.41, 5.74) is 4.96. The second kappa shape index (κ2) is 8.32. The first-order valence-corrected chi connectivity index (χ1v) is 10.1. The first kappa shape index (κ1) is 20.8. The zero-order valence-corrected chi connectivity index (χ0v) is 18.0. The predicted octanol–water partition coefficient (Wildman–Crippen LogP) is 5.90. The summed E-state index contributed by atoms with van der Waals surface area (Å²) >= 11 is 6.16. The number of anilines is 1. The van der Waals surface area contributed by atoms with Crippen molar-refractivity contribution in [2.45, 2.75) is 20.8 Å². The van der Waals surface area contributed by atoms with Crippen LogP contribution in [0.2, 0.25) is 5.02 Å². The van der Waals surface area contributed by atoms with E-state index in [2.05, 4.69) is 15.4 Å². The molecule has 0 aliphatic rings. The molecule has 0 atom stereocenters. The van der Waals surface area contributed by atoms with Gasteiger partial charge in [0.05, 0.1) is 5.69 Å². The molecule has 1 aromatic heterocycles. The van der Waals surface area contributed by atoms with Gasteiger partial charge < -0.3 is 5.32 Å². The van der Waals surface area contributed by atoms with E-state index in [0.717, 1.165) is 22.4 Å². The van der Waals surface area contributed by atoms with Crippen LogP contribution in [-0.2, 0) is 0 Å². The summed E-state index contributed by atoms with van der Waals surface area (Å²) in [6.45, 7) is 5.85. The minimum Gasteiger partial charge on any atom is -0.319 e. The van der Waals surface area contributed by atoms with Crippen LogP contribution in [0, 0.1) is 26.6 Å². The minimum atomic E-state index is -0.462. The van der Waals surface area contributed by atoms with E-state index >= 15 is 0 Å². The van der Waals surface area contributed by atoms with Gasteiger partial charge in [-0.15, -0.1) is 5.10 Å². The summed E-state index contributed by atoms with van der Waals surface area (Å²) in [6.07, 6.45) is 0. The Morgan fingerprint density at radius 3 is 2.45 bits per heavy atom. The number of benzene rings is 3. The molecule has 4 rings (SSSR count). The molecule has 5 nitrogen and oxygen atoms in total. The number of carbonyl (C=O) groups excluding carboxylic acids is 1. The molecule has 7 heteroatoms. The summed E-state index contributed by atoms with van der Waals surface area (Å²) < 4.78 is 15.0. The summed E-state index contributed by atoms with van der Waals surface area (Å²) in [7, 11) is 0. The molecule has 4 aromatic rings. The number of nitrogens with one attached hydrogen (secondary N) is 1. The third kappa shape index (κ3) is 4.20. The largest absolute Gasteiger partial charge is 0.319 e. The molecule has 0 unspecified atom stereocenters. The van der Waals surface area contributed by atoms with Crippen molar-refractivity contribution in [2.75, 3.05) is 5.32 Å². The van der Waals surface area contributed by atoms with Gasteiger partial charge in [-0.25, -0.2) is 14.1 Å². The quantitative estimate of drug-likeness (QED) is 0.434. The fourth-order valence-corrected chi connectivity index (χ4v) is 3.33. The zero-order chi connectivity index (χ0) is 22.1. The van der Waals surface area contributed by atoms with Gasteiger partial charge in [0.1, 0.15) is 5.82 Å². The van der Waals surface area contributed by atoms with Crippen LogP contribution >= 0.6 is 11.6 Å². The topological polar surface area (TPSA) is 59.8 Å². The third-order valence-corrected chi connectivity index (χ3v) is 5.57. The van der Waals surface area contributed by atoms with Gasteiger partial charge in [0, 0.05) is 16.3 Å². The lowest BCUT2D eigenvalue weighted by atomic mass is 10.1. The lowest BCUT2D eigenvalue weighted by molar-refractivity contribution is 0.101. The zero-order valence-electron chi connectivity index (χ0n) is 17.3. The van der Waals surface area contributed by atoms with Crippen molar-refractivity contribution >= 4 is 23.2 Å². The van der Waals surface area contributed by atoms with Crippen molar-refractivity contribution in [3.8, 4) is 17.1 Å². The van der Waals surface area contributed by atoms with Crippen LogP contribution < -0.4 is 5.32 Å². The fourth-order valence-electron chi connectivity index (χ4n) is 3.15. The molecular formula is C24H20ClFN4O. The highest BCUT2D eigenvalue weighted by atomic mass is 35.5. The number of halogens is 2. The second-order valence-corrected chi connectivity index (χ2v) is 7.72. The Hall–Kier alpha value is -3.51. The third-order valence-electron chi connectivity index (χ3n) is 5.16. The Bertz CT molecular complexity index is 1280. The molecule has 1 amide bonds. The van der Waals surface area contributed by atoms with Crippen molar-refractivity contribution < 1.29 is 9.18 Å². The monoisotopic (exact) mass is 434 g/mol. The highest BCUT2D eigenvalue weighted by Gasteiger charge is 2.20. The highest BCUT2D eigenvalue weighted by molar-refractivity contribution is 6.31. The first-order chi connectivity index (χ1) is 14.8. The fraction of sp³-hybridized carbons (Fsp3) is 0.125. The molecule has 0 aliphatic carbocycles. The van der Waals surface area contributed by atoms with E-state index in [1.807, 2.05) is 39.0 Å². The van der Waals surface area contributed by atoms with Crippen molar-refractivity contribution in [2.24, 2.45) is 0 Å². The molecule has 0 spiro atoms. The lowest BCUT2D eigenvalue weighted by Crippen LogP contribution is -2.15. The molecule has 3 aromatic carbocycles. The van der Waals surface area contributed by atoms with Crippen LogP contribution in [0.4, 0.5) is 10.1 Å². The molecule has 1 N–H and O–H groups in total. The average Bonchev–Trinajstić information content (AvgIpc) is 3.19. The Morgan fingerprint density at radius 1 is 1.00 bits per heavy atom. The van der Waals surface area contributed by atoms with Crippen LogP contribution in [0.1, 0.15) is 27.3 Å². The summed E-state index contributed by atoms with van der Waals surface area (Å²) in [6, 6.07) is 17.1. The smallest absolute Gasteiger partial charge is 0.295 e. The van der Waals surface area contributed by atoms with Crippen LogP contribution in [0.25, 0.3) is 17.1 Å². The van der Waals surface area contributed by atoms with Crippen LogP contribution in [0.15, 0.2) is 60.7 Å². The van der Waals surface area contributed by atoms with E-state index in [-0.39, 0.29) is 11.6 Å². The number of nitrogens with zero attached hydrogens (tertiary/aromatic N) is 3. The van der Waals surface area contributed by atoms with Crippen molar-refractivity contribution in [1.82, 2.24) is 14.8 Å². The number of rotatable bonds is 4. The molecule has 0 saturated carbocycles. The number of hydrogen-bond acceptors (Lipinski definition) is 3. The molecule has 1 heterocycles. The number of aromatic nitrogens is 3. The van der Waals surface area contributed by atoms with Gasteiger partial charge in [-0.3, -0.25) is 4.79 Å². The number of amides is 1. The summed E-state index contributed by atoms with van der Waals surface area (Å²) in [5, 5.41) is 7.84. The van der Waals surface area contributed by atoms with E-state index in [4.69, 9.17) is 11.6 Å². The van der Waals surface area contributed by atoms with Crippen molar-refractivity contribution in [1.29, 1.82) is 0 Å². The summed E-state index contributed by atoms with van der Waals surface area (Å²) in [4.78, 5) is 17.4. The highest BCUT2D eigenvalue weighted by Crippen LogP contribution is 2.25. The van der Waals surface area contributed by atoms with E-state index in [9.17, 15) is 9.18 Å². The molecule has 0 fully saturated rings. The van der Waals surface area contributed by atoms with Gasteiger partial charge in [0.15, 0.2) is 5.82 Å². The van der Waals surface area contributed by atoms with Crippen LogP contribution in [-0.4, -0.2) is 20.7 Å². The van der Waals surface area contributed by atoms with Crippen LogP contribution in [0.3, 0.4) is 0 Å².